The van der Waals surface area contributed by atoms with Crippen LogP contribution in [0.4, 0.5) is 0 Å². The minimum atomic E-state index is 0. The van der Waals surface area contributed by atoms with Crippen molar-refractivity contribution in [2.75, 3.05) is 13.1 Å². The van der Waals surface area contributed by atoms with Crippen molar-refractivity contribution >= 4 is 24.8 Å². The Morgan fingerprint density at radius 3 is 2.22 bits per heavy atom. The van der Waals surface area contributed by atoms with E-state index in [9.17, 15) is 0 Å². The summed E-state index contributed by atoms with van der Waals surface area (Å²) in [5.41, 5.74) is 1.45. The van der Waals surface area contributed by atoms with E-state index >= 15 is 0 Å². The molecule has 3 rings (SSSR count). The standard InChI is InChI=1S/C14H20N2.2ClH/c1-2-5-12(6-3-1)9-16-10-13-7-4-8-14(11-16)15-13;;/h1-3,5-6,13-15H,4,7-11H2;2*1H. The number of rotatable bonds is 2. The predicted molar refractivity (Wildman–Crippen MR) is 80.8 cm³/mol. The normalized spacial score (nSPS) is 26.9. The van der Waals surface area contributed by atoms with Crippen molar-refractivity contribution in [1.82, 2.24) is 10.2 Å². The van der Waals surface area contributed by atoms with Crippen LogP contribution in [0.1, 0.15) is 24.8 Å². The van der Waals surface area contributed by atoms with Crippen molar-refractivity contribution in [3.05, 3.63) is 35.9 Å². The monoisotopic (exact) mass is 288 g/mol. The van der Waals surface area contributed by atoms with Gasteiger partial charge in [-0.15, -0.1) is 24.8 Å². The van der Waals surface area contributed by atoms with Crippen molar-refractivity contribution in [3.63, 3.8) is 0 Å². The lowest BCUT2D eigenvalue weighted by Gasteiger charge is -2.42. The number of hydrogen-bond donors (Lipinski definition) is 1. The number of hydrogen-bond acceptors (Lipinski definition) is 2. The first-order chi connectivity index (χ1) is 7.90. The molecule has 4 heteroatoms. The maximum absolute atomic E-state index is 3.73. The van der Waals surface area contributed by atoms with Gasteiger partial charge in [-0.2, -0.15) is 0 Å². The van der Waals surface area contributed by atoms with Crippen molar-refractivity contribution in [2.45, 2.75) is 37.9 Å². The second-order valence-electron chi connectivity index (χ2n) is 5.17. The van der Waals surface area contributed by atoms with E-state index in [1.807, 2.05) is 0 Å². The van der Waals surface area contributed by atoms with Gasteiger partial charge in [0, 0.05) is 31.7 Å². The fraction of sp³-hybridized carbons (Fsp3) is 0.571. The average Bonchev–Trinajstić information content (AvgIpc) is 2.30. The maximum Gasteiger partial charge on any atom is 0.0235 e. The quantitative estimate of drug-likeness (QED) is 0.900. The molecule has 2 nitrogen and oxygen atoms in total. The first kappa shape index (κ1) is 15.8. The van der Waals surface area contributed by atoms with Crippen LogP contribution in [0.2, 0.25) is 0 Å². The lowest BCUT2D eigenvalue weighted by Crippen LogP contribution is -2.58. The van der Waals surface area contributed by atoms with Gasteiger partial charge in [-0.05, 0) is 18.4 Å². The molecule has 1 N–H and O–H groups in total. The van der Waals surface area contributed by atoms with Gasteiger partial charge in [0.25, 0.3) is 0 Å². The van der Waals surface area contributed by atoms with Gasteiger partial charge in [0.1, 0.15) is 0 Å². The van der Waals surface area contributed by atoms with E-state index < -0.39 is 0 Å². The highest BCUT2D eigenvalue weighted by molar-refractivity contribution is 5.85. The van der Waals surface area contributed by atoms with Crippen molar-refractivity contribution in [1.29, 1.82) is 0 Å². The van der Waals surface area contributed by atoms with Gasteiger partial charge in [0.2, 0.25) is 0 Å². The zero-order valence-electron chi connectivity index (χ0n) is 10.5. The first-order valence-corrected chi connectivity index (χ1v) is 6.42. The van der Waals surface area contributed by atoms with Crippen LogP contribution in [0.25, 0.3) is 0 Å². The summed E-state index contributed by atoms with van der Waals surface area (Å²) in [5, 5.41) is 3.73. The molecule has 18 heavy (non-hydrogen) atoms. The zero-order chi connectivity index (χ0) is 10.8. The van der Waals surface area contributed by atoms with E-state index in [0.717, 1.165) is 18.6 Å². The highest BCUT2D eigenvalue weighted by Crippen LogP contribution is 2.20. The Bertz CT molecular complexity index is 333. The molecule has 2 aliphatic rings. The van der Waals surface area contributed by atoms with Gasteiger partial charge in [-0.3, -0.25) is 4.90 Å². The molecule has 0 saturated carbocycles. The van der Waals surface area contributed by atoms with Gasteiger partial charge in [-0.1, -0.05) is 36.8 Å². The molecule has 0 amide bonds. The summed E-state index contributed by atoms with van der Waals surface area (Å²) in [6, 6.07) is 12.3. The fourth-order valence-electron chi connectivity index (χ4n) is 3.07. The van der Waals surface area contributed by atoms with Crippen LogP contribution < -0.4 is 5.32 Å². The first-order valence-electron chi connectivity index (χ1n) is 6.42. The number of likely N-dealkylation sites (tertiary alicyclic amines) is 1. The molecule has 2 heterocycles. The molecule has 0 radical (unpaired) electrons. The number of benzene rings is 1. The number of nitrogens with zero attached hydrogens (tertiary/aromatic N) is 1. The Labute approximate surface area is 122 Å². The number of halogens is 2. The summed E-state index contributed by atoms with van der Waals surface area (Å²) >= 11 is 0. The number of piperidine rings is 1. The molecule has 1 aromatic rings. The molecule has 2 aliphatic heterocycles. The minimum absolute atomic E-state index is 0. The predicted octanol–water partition coefficient (Wildman–Crippen LogP) is 2.86. The summed E-state index contributed by atoms with van der Waals surface area (Å²) < 4.78 is 0. The number of piperazine rings is 1. The lowest BCUT2D eigenvalue weighted by atomic mass is 9.94. The van der Waals surface area contributed by atoms with Crippen LogP contribution >= 0.6 is 24.8 Å². The molecular formula is C14H22Cl2N2. The van der Waals surface area contributed by atoms with Gasteiger partial charge in [0.15, 0.2) is 0 Å². The van der Waals surface area contributed by atoms with Crippen LogP contribution in [0, 0.1) is 0 Å². The largest absolute Gasteiger partial charge is 0.309 e. The fourth-order valence-corrected chi connectivity index (χ4v) is 3.07. The van der Waals surface area contributed by atoms with Gasteiger partial charge in [-0.25, -0.2) is 0 Å². The highest BCUT2D eigenvalue weighted by Gasteiger charge is 2.29. The molecule has 1 aromatic carbocycles. The smallest absolute Gasteiger partial charge is 0.0235 e. The number of nitrogens with one attached hydrogen (secondary N) is 1. The van der Waals surface area contributed by atoms with E-state index in [1.165, 1.54) is 37.9 Å². The zero-order valence-corrected chi connectivity index (χ0v) is 12.2. The van der Waals surface area contributed by atoms with Crippen LogP contribution in [0.15, 0.2) is 30.3 Å². The molecule has 0 aliphatic carbocycles. The van der Waals surface area contributed by atoms with Gasteiger partial charge >= 0.3 is 0 Å². The van der Waals surface area contributed by atoms with Crippen LogP contribution in [0.3, 0.4) is 0 Å². The average molecular weight is 289 g/mol. The van der Waals surface area contributed by atoms with Gasteiger partial charge < -0.3 is 5.32 Å². The molecule has 2 unspecified atom stereocenters. The van der Waals surface area contributed by atoms with E-state index in [2.05, 4.69) is 40.5 Å². The number of fused-ring (bicyclic) bond motifs is 2. The topological polar surface area (TPSA) is 15.3 Å². The Kier molecular flexibility index (Phi) is 6.44. The lowest BCUT2D eigenvalue weighted by molar-refractivity contribution is 0.119. The molecule has 0 spiro atoms. The summed E-state index contributed by atoms with van der Waals surface area (Å²) in [5.74, 6) is 0. The SMILES string of the molecule is Cl.Cl.c1ccc(CN2CC3CCCC(C2)N3)cc1. The maximum atomic E-state index is 3.73. The molecular weight excluding hydrogens is 267 g/mol. The molecule has 2 saturated heterocycles. The Morgan fingerprint density at radius 2 is 1.61 bits per heavy atom. The van der Waals surface area contributed by atoms with Crippen molar-refractivity contribution in [3.8, 4) is 0 Å². The van der Waals surface area contributed by atoms with Gasteiger partial charge in [0.05, 0.1) is 0 Å². The van der Waals surface area contributed by atoms with Crippen molar-refractivity contribution in [2.24, 2.45) is 0 Å². The summed E-state index contributed by atoms with van der Waals surface area (Å²) in [6.07, 6.45) is 4.14. The van der Waals surface area contributed by atoms with Crippen LogP contribution in [-0.2, 0) is 6.54 Å². The van der Waals surface area contributed by atoms with E-state index in [0.29, 0.717) is 0 Å². The second-order valence-corrected chi connectivity index (χ2v) is 5.17. The van der Waals surface area contributed by atoms with E-state index in [4.69, 9.17) is 0 Å². The molecule has 2 fully saturated rings. The third-order valence-electron chi connectivity index (χ3n) is 3.78. The summed E-state index contributed by atoms with van der Waals surface area (Å²) in [6.45, 7) is 3.58. The summed E-state index contributed by atoms with van der Waals surface area (Å²) in [7, 11) is 0. The minimum Gasteiger partial charge on any atom is -0.309 e. The summed E-state index contributed by atoms with van der Waals surface area (Å²) in [4.78, 5) is 2.61. The van der Waals surface area contributed by atoms with E-state index in [-0.39, 0.29) is 24.8 Å². The Morgan fingerprint density at radius 1 is 1.00 bits per heavy atom. The molecule has 0 aromatic heterocycles. The third-order valence-corrected chi connectivity index (χ3v) is 3.78. The molecule has 2 atom stereocenters. The van der Waals surface area contributed by atoms with E-state index in [1.54, 1.807) is 0 Å². The van der Waals surface area contributed by atoms with Crippen LogP contribution in [0.5, 0.6) is 0 Å². The molecule has 102 valence electrons. The Hall–Kier alpha value is -0.280. The van der Waals surface area contributed by atoms with Crippen molar-refractivity contribution < 1.29 is 0 Å². The molecule has 2 bridgehead atoms. The second kappa shape index (κ2) is 7.34. The van der Waals surface area contributed by atoms with Crippen LogP contribution in [-0.4, -0.2) is 30.1 Å². The Balaban J connectivity index is 0.000000810. The highest BCUT2D eigenvalue weighted by atomic mass is 35.5. The third kappa shape index (κ3) is 3.86.